The summed E-state index contributed by atoms with van der Waals surface area (Å²) in [6.45, 7) is 14.7. The largest absolute Gasteiger partial charge is 0.466 e. The molecular weight excluding hydrogens is 264 g/mol. The summed E-state index contributed by atoms with van der Waals surface area (Å²) >= 11 is 0. The first-order valence-corrected chi connectivity index (χ1v) is 7.62. The van der Waals surface area contributed by atoms with Crippen molar-refractivity contribution in [1.29, 1.82) is 0 Å². The Kier molecular flexibility index (Phi) is 5.48. The van der Waals surface area contributed by atoms with Crippen LogP contribution in [0.3, 0.4) is 0 Å². The Bertz CT molecular complexity index is 473. The van der Waals surface area contributed by atoms with Crippen LogP contribution in [0.1, 0.15) is 72.2 Å². The highest BCUT2D eigenvalue weighted by atomic mass is 16.5. The van der Waals surface area contributed by atoms with Crippen molar-refractivity contribution in [2.24, 2.45) is 5.41 Å². The maximum absolute atomic E-state index is 12.4. The van der Waals surface area contributed by atoms with E-state index in [2.05, 4.69) is 51.5 Å². The fraction of sp³-hybridized carbons (Fsp3) is 0.706. The number of ether oxygens (including phenoxy) is 1. The minimum absolute atomic E-state index is 0.0990. The van der Waals surface area contributed by atoms with Crippen LogP contribution in [-0.4, -0.2) is 22.5 Å². The maximum Gasteiger partial charge on any atom is 0.314 e. The maximum atomic E-state index is 12.4. The molecule has 0 aromatic carbocycles. The van der Waals surface area contributed by atoms with Gasteiger partial charge in [-0.05, 0) is 18.8 Å². The molecule has 0 aliphatic carbocycles. The third-order valence-corrected chi connectivity index (χ3v) is 3.89. The van der Waals surface area contributed by atoms with Crippen LogP contribution < -0.4 is 0 Å². The second-order valence-corrected chi connectivity index (χ2v) is 7.12. The lowest BCUT2D eigenvalue weighted by Crippen LogP contribution is -2.30. The zero-order valence-electron chi connectivity index (χ0n) is 14.4. The van der Waals surface area contributed by atoms with E-state index in [1.807, 2.05) is 6.92 Å². The molecule has 4 heteroatoms. The highest BCUT2D eigenvalue weighted by Gasteiger charge is 2.37. The Labute approximate surface area is 128 Å². The second kappa shape index (κ2) is 6.54. The van der Waals surface area contributed by atoms with E-state index in [9.17, 15) is 4.79 Å². The van der Waals surface area contributed by atoms with Gasteiger partial charge in [0.1, 0.15) is 5.82 Å². The Morgan fingerprint density at radius 3 is 2.05 bits per heavy atom. The van der Waals surface area contributed by atoms with Crippen LogP contribution in [0.4, 0.5) is 0 Å². The van der Waals surface area contributed by atoms with Gasteiger partial charge in [-0.1, -0.05) is 41.5 Å². The summed E-state index contributed by atoms with van der Waals surface area (Å²) in [5.74, 6) is 0.246. The van der Waals surface area contributed by atoms with Gasteiger partial charge in [0.15, 0.2) is 0 Å². The number of rotatable bonds is 5. The van der Waals surface area contributed by atoms with Gasteiger partial charge in [0, 0.05) is 23.4 Å². The lowest BCUT2D eigenvalue weighted by molar-refractivity contribution is -0.148. The molecule has 1 aromatic rings. The molecule has 21 heavy (non-hydrogen) atoms. The Morgan fingerprint density at radius 2 is 1.67 bits per heavy atom. The van der Waals surface area contributed by atoms with Crippen LogP contribution in [0, 0.1) is 5.41 Å². The Balaban J connectivity index is 3.18. The predicted octanol–water partition coefficient (Wildman–Crippen LogP) is 3.86. The molecule has 0 fully saturated rings. The third-order valence-electron chi connectivity index (χ3n) is 3.89. The first kappa shape index (κ1) is 17.6. The topological polar surface area (TPSA) is 52.1 Å². The Morgan fingerprint density at radius 1 is 1.14 bits per heavy atom. The zero-order chi connectivity index (χ0) is 16.3. The van der Waals surface area contributed by atoms with Crippen molar-refractivity contribution in [2.75, 3.05) is 6.61 Å². The lowest BCUT2D eigenvalue weighted by Gasteiger charge is -2.31. The van der Waals surface area contributed by atoms with Gasteiger partial charge in [-0.15, -0.1) is 0 Å². The number of hydrogen-bond donors (Lipinski definition) is 0. The van der Waals surface area contributed by atoms with Gasteiger partial charge < -0.3 is 4.74 Å². The van der Waals surface area contributed by atoms with E-state index in [1.165, 1.54) is 0 Å². The minimum atomic E-state index is -0.337. The van der Waals surface area contributed by atoms with Crippen LogP contribution in [0.15, 0.2) is 12.4 Å². The first-order chi connectivity index (χ1) is 9.63. The molecule has 0 saturated carbocycles. The van der Waals surface area contributed by atoms with Crippen molar-refractivity contribution in [1.82, 2.24) is 9.97 Å². The van der Waals surface area contributed by atoms with Gasteiger partial charge >= 0.3 is 5.97 Å². The molecule has 118 valence electrons. The number of esters is 1. The average molecular weight is 292 g/mol. The van der Waals surface area contributed by atoms with Gasteiger partial charge in [-0.2, -0.15) is 0 Å². The molecule has 1 rings (SSSR count). The molecule has 1 unspecified atom stereocenters. The summed E-state index contributed by atoms with van der Waals surface area (Å²) < 4.78 is 5.25. The average Bonchev–Trinajstić information content (AvgIpc) is 2.38. The number of nitrogens with zero attached hydrogens (tertiary/aromatic N) is 2. The van der Waals surface area contributed by atoms with Crippen LogP contribution in [0.2, 0.25) is 0 Å². The van der Waals surface area contributed by atoms with Crippen LogP contribution in [-0.2, 0) is 14.9 Å². The predicted molar refractivity (Wildman–Crippen MR) is 84.2 cm³/mol. The van der Waals surface area contributed by atoms with E-state index in [0.717, 1.165) is 17.8 Å². The molecule has 1 heterocycles. The summed E-state index contributed by atoms with van der Waals surface area (Å²) in [5.41, 5.74) is 0.533. The summed E-state index contributed by atoms with van der Waals surface area (Å²) in [6.07, 6.45) is 4.41. The summed E-state index contributed by atoms with van der Waals surface area (Å²) in [4.78, 5) is 21.2. The fourth-order valence-corrected chi connectivity index (χ4v) is 2.21. The van der Waals surface area contributed by atoms with Crippen LogP contribution >= 0.6 is 0 Å². The molecule has 0 saturated heterocycles. The molecule has 4 nitrogen and oxygen atoms in total. The molecule has 0 aliphatic rings. The van der Waals surface area contributed by atoms with E-state index < -0.39 is 0 Å². The second-order valence-electron chi connectivity index (χ2n) is 7.12. The highest BCUT2D eigenvalue weighted by Crippen LogP contribution is 2.39. The molecule has 0 spiro atoms. The summed E-state index contributed by atoms with van der Waals surface area (Å²) in [6, 6.07) is 0. The monoisotopic (exact) mass is 292 g/mol. The first-order valence-electron chi connectivity index (χ1n) is 7.62. The standard InChI is InChI=1S/C17H28N2O2/c1-8-17(6,7)13(14(20)21-9-2)12-10-18-15(19-11-12)16(3,4)5/h10-11,13H,8-9H2,1-7H3. The van der Waals surface area contributed by atoms with E-state index >= 15 is 0 Å². The Hall–Kier alpha value is -1.45. The van der Waals surface area contributed by atoms with Gasteiger partial charge in [0.25, 0.3) is 0 Å². The number of aromatic nitrogens is 2. The molecule has 0 radical (unpaired) electrons. The molecule has 0 bridgehead atoms. The molecule has 0 N–H and O–H groups in total. The van der Waals surface area contributed by atoms with Gasteiger partial charge in [0.2, 0.25) is 0 Å². The van der Waals surface area contributed by atoms with E-state index in [-0.39, 0.29) is 22.7 Å². The van der Waals surface area contributed by atoms with Crippen molar-refractivity contribution < 1.29 is 9.53 Å². The van der Waals surface area contributed by atoms with Crippen molar-refractivity contribution in [2.45, 2.75) is 66.2 Å². The highest BCUT2D eigenvalue weighted by molar-refractivity contribution is 5.79. The van der Waals surface area contributed by atoms with Crippen molar-refractivity contribution in [3.05, 3.63) is 23.8 Å². The SMILES string of the molecule is CCOC(=O)C(c1cnc(C(C)(C)C)nc1)C(C)(C)CC. The number of hydrogen-bond acceptors (Lipinski definition) is 4. The minimum Gasteiger partial charge on any atom is -0.466 e. The molecule has 0 amide bonds. The third kappa shape index (κ3) is 4.26. The quantitative estimate of drug-likeness (QED) is 0.773. The van der Waals surface area contributed by atoms with Crippen molar-refractivity contribution in [3.8, 4) is 0 Å². The van der Waals surface area contributed by atoms with Gasteiger partial charge in [-0.25, -0.2) is 9.97 Å². The molecule has 1 aromatic heterocycles. The van der Waals surface area contributed by atoms with Crippen LogP contribution in [0.25, 0.3) is 0 Å². The molecular formula is C17H28N2O2. The normalized spacial score (nSPS) is 13.9. The van der Waals surface area contributed by atoms with Gasteiger partial charge in [-0.3, -0.25) is 4.79 Å². The van der Waals surface area contributed by atoms with E-state index in [1.54, 1.807) is 12.4 Å². The van der Waals surface area contributed by atoms with E-state index in [4.69, 9.17) is 4.74 Å². The molecule has 1 atom stereocenters. The smallest absolute Gasteiger partial charge is 0.314 e. The van der Waals surface area contributed by atoms with Crippen molar-refractivity contribution >= 4 is 5.97 Å². The summed E-state index contributed by atoms with van der Waals surface area (Å²) in [7, 11) is 0. The van der Waals surface area contributed by atoms with Crippen molar-refractivity contribution in [3.63, 3.8) is 0 Å². The zero-order valence-corrected chi connectivity index (χ0v) is 14.4. The van der Waals surface area contributed by atoms with Crippen LogP contribution in [0.5, 0.6) is 0 Å². The molecule has 0 aliphatic heterocycles. The number of carbonyl (C=O) groups is 1. The fourth-order valence-electron chi connectivity index (χ4n) is 2.21. The number of carbonyl (C=O) groups excluding carboxylic acids is 1. The lowest BCUT2D eigenvalue weighted by atomic mass is 9.74. The summed E-state index contributed by atoms with van der Waals surface area (Å²) in [5, 5.41) is 0. The van der Waals surface area contributed by atoms with Gasteiger partial charge in [0.05, 0.1) is 12.5 Å². The van der Waals surface area contributed by atoms with E-state index in [0.29, 0.717) is 6.61 Å².